The third kappa shape index (κ3) is 5.42. The quantitative estimate of drug-likeness (QED) is 0.774. The number of benzene rings is 2. The fourth-order valence-electron chi connectivity index (χ4n) is 2.58. The Balaban J connectivity index is 2.20. The Bertz CT molecular complexity index is 876. The van der Waals surface area contributed by atoms with Gasteiger partial charge in [0.25, 0.3) is 5.91 Å². The van der Waals surface area contributed by atoms with Crippen molar-refractivity contribution in [1.82, 2.24) is 5.32 Å². The Hall–Kier alpha value is -2.67. The number of carbonyl (C=O) groups is 2. The van der Waals surface area contributed by atoms with Gasteiger partial charge in [-0.3, -0.25) is 9.59 Å². The first kappa shape index (κ1) is 19.7. The number of amides is 1. The van der Waals surface area contributed by atoms with Crippen molar-refractivity contribution in [2.45, 2.75) is 18.7 Å². The summed E-state index contributed by atoms with van der Waals surface area (Å²) in [6, 6.07) is 14.4. The number of carboxylic acid groups (broad SMARTS) is 1. The van der Waals surface area contributed by atoms with Crippen LogP contribution in [0.25, 0.3) is 0 Å². The van der Waals surface area contributed by atoms with Crippen molar-refractivity contribution < 1.29 is 23.1 Å². The smallest absolute Gasteiger partial charge is 0.308 e. The number of hydrogen-bond donors (Lipinski definition) is 2. The van der Waals surface area contributed by atoms with Crippen LogP contribution in [-0.2, 0) is 20.4 Å². The molecule has 2 aromatic rings. The molecule has 2 N–H and O–H groups in total. The summed E-state index contributed by atoms with van der Waals surface area (Å²) in [5.41, 5.74) is 1.62. The monoisotopic (exact) mass is 375 g/mol. The van der Waals surface area contributed by atoms with Gasteiger partial charge in [0.2, 0.25) is 0 Å². The van der Waals surface area contributed by atoms with Crippen molar-refractivity contribution in [1.29, 1.82) is 0 Å². The Morgan fingerprint density at radius 2 is 1.62 bits per heavy atom. The van der Waals surface area contributed by atoms with Crippen LogP contribution in [0.2, 0.25) is 0 Å². The van der Waals surface area contributed by atoms with Crippen LogP contribution in [0.1, 0.15) is 34.5 Å². The summed E-state index contributed by atoms with van der Waals surface area (Å²) >= 11 is 0. The largest absolute Gasteiger partial charge is 0.481 e. The van der Waals surface area contributed by atoms with E-state index in [1.807, 2.05) is 6.07 Å². The summed E-state index contributed by atoms with van der Waals surface area (Å²) in [4.78, 5) is 23.9. The van der Waals surface area contributed by atoms with Gasteiger partial charge in [-0.15, -0.1) is 0 Å². The zero-order valence-electron chi connectivity index (χ0n) is 14.5. The second-order valence-corrected chi connectivity index (χ2v) is 8.40. The van der Waals surface area contributed by atoms with E-state index in [1.54, 1.807) is 36.4 Å². The zero-order valence-corrected chi connectivity index (χ0v) is 15.4. The van der Waals surface area contributed by atoms with Crippen LogP contribution >= 0.6 is 0 Å². The molecule has 0 aliphatic heterocycles. The average molecular weight is 375 g/mol. The lowest BCUT2D eigenvalue weighted by Crippen LogP contribution is -2.35. The fourth-order valence-corrected chi connectivity index (χ4v) is 3.38. The maximum atomic E-state index is 12.5. The highest BCUT2D eigenvalue weighted by Crippen LogP contribution is 2.23. The highest BCUT2D eigenvalue weighted by Gasteiger charge is 2.27. The van der Waals surface area contributed by atoms with Crippen molar-refractivity contribution in [2.24, 2.45) is 5.92 Å². The predicted molar refractivity (Wildman–Crippen MR) is 98.4 cm³/mol. The van der Waals surface area contributed by atoms with E-state index in [4.69, 9.17) is 0 Å². The van der Waals surface area contributed by atoms with Gasteiger partial charge < -0.3 is 10.4 Å². The Morgan fingerprint density at radius 1 is 1.04 bits per heavy atom. The minimum atomic E-state index is -3.15. The lowest BCUT2D eigenvalue weighted by Gasteiger charge is -2.23. The summed E-state index contributed by atoms with van der Waals surface area (Å²) in [6.45, 7) is 1.54. The van der Waals surface area contributed by atoms with E-state index in [0.29, 0.717) is 16.7 Å². The van der Waals surface area contributed by atoms with Gasteiger partial charge in [0, 0.05) is 11.8 Å². The van der Waals surface area contributed by atoms with E-state index < -0.39 is 33.7 Å². The summed E-state index contributed by atoms with van der Waals surface area (Å²) in [5, 5.41) is 12.1. The molecular weight excluding hydrogens is 354 g/mol. The molecule has 0 bridgehead atoms. The molecule has 2 rings (SSSR count). The number of nitrogens with one attached hydrogen (secondary N) is 1. The predicted octanol–water partition coefficient (Wildman–Crippen LogP) is 2.42. The van der Waals surface area contributed by atoms with Crippen LogP contribution in [0.4, 0.5) is 0 Å². The van der Waals surface area contributed by atoms with Gasteiger partial charge in [-0.25, -0.2) is 8.42 Å². The van der Waals surface area contributed by atoms with Crippen LogP contribution in [0.3, 0.4) is 0 Å². The highest BCUT2D eigenvalue weighted by atomic mass is 32.2. The van der Waals surface area contributed by atoms with Crippen LogP contribution < -0.4 is 5.32 Å². The van der Waals surface area contributed by atoms with E-state index in [2.05, 4.69) is 5.32 Å². The number of rotatable bonds is 7. The van der Waals surface area contributed by atoms with Gasteiger partial charge >= 0.3 is 5.97 Å². The van der Waals surface area contributed by atoms with E-state index in [9.17, 15) is 23.1 Å². The second kappa shape index (κ2) is 8.14. The first-order valence-corrected chi connectivity index (χ1v) is 10.1. The first-order valence-electron chi connectivity index (χ1n) is 8.02. The van der Waals surface area contributed by atoms with Crippen molar-refractivity contribution in [2.75, 3.05) is 6.26 Å². The van der Waals surface area contributed by atoms with Gasteiger partial charge in [0.1, 0.15) is 0 Å². The number of sulfone groups is 1. The Kier molecular flexibility index (Phi) is 6.15. The average Bonchev–Trinajstić information content (AvgIpc) is 2.58. The van der Waals surface area contributed by atoms with Crippen LogP contribution in [0.15, 0.2) is 54.6 Å². The zero-order chi connectivity index (χ0) is 19.3. The van der Waals surface area contributed by atoms with Crippen molar-refractivity contribution >= 4 is 21.7 Å². The van der Waals surface area contributed by atoms with Crippen molar-refractivity contribution in [3.8, 4) is 0 Å². The highest BCUT2D eigenvalue weighted by molar-refractivity contribution is 7.89. The van der Waals surface area contributed by atoms with Crippen LogP contribution in [-0.4, -0.2) is 31.7 Å². The molecule has 0 saturated heterocycles. The Labute approximate surface area is 152 Å². The molecule has 0 fully saturated rings. The van der Waals surface area contributed by atoms with Gasteiger partial charge in [-0.2, -0.15) is 0 Å². The van der Waals surface area contributed by atoms with E-state index >= 15 is 0 Å². The lowest BCUT2D eigenvalue weighted by atomic mass is 9.94. The minimum absolute atomic E-state index is 0.0996. The molecule has 0 radical (unpaired) electrons. The maximum absolute atomic E-state index is 12.5. The minimum Gasteiger partial charge on any atom is -0.481 e. The molecule has 138 valence electrons. The molecule has 0 spiro atoms. The van der Waals surface area contributed by atoms with Crippen LogP contribution in [0, 0.1) is 5.92 Å². The molecule has 2 atom stereocenters. The number of carboxylic acids is 1. The van der Waals surface area contributed by atoms with Crippen molar-refractivity contribution in [3.63, 3.8) is 0 Å². The SMILES string of the molecule is CC(C(=O)O)C(NC(=O)c1ccc(CS(C)(=O)=O)cc1)c1ccccc1. The molecular formula is C19H21NO5S. The van der Waals surface area contributed by atoms with E-state index in [1.165, 1.54) is 19.1 Å². The summed E-state index contributed by atoms with van der Waals surface area (Å²) in [6.07, 6.45) is 1.14. The molecule has 0 aromatic heterocycles. The number of aliphatic carboxylic acids is 1. The normalized spacial score (nSPS) is 13.6. The van der Waals surface area contributed by atoms with Gasteiger partial charge in [-0.1, -0.05) is 42.5 Å². The maximum Gasteiger partial charge on any atom is 0.308 e. The first-order chi connectivity index (χ1) is 12.2. The standard InChI is InChI=1S/C19H21NO5S/c1-13(19(22)23)17(15-6-4-3-5-7-15)20-18(21)16-10-8-14(9-11-16)12-26(2,24)25/h3-11,13,17H,12H2,1-2H3,(H,20,21)(H,22,23). The number of hydrogen-bond acceptors (Lipinski definition) is 4. The molecule has 0 aliphatic rings. The third-order valence-corrected chi connectivity index (χ3v) is 4.84. The Morgan fingerprint density at radius 3 is 2.12 bits per heavy atom. The molecule has 2 aromatic carbocycles. The lowest BCUT2D eigenvalue weighted by molar-refractivity contribution is -0.142. The van der Waals surface area contributed by atoms with Crippen LogP contribution in [0.5, 0.6) is 0 Å². The molecule has 26 heavy (non-hydrogen) atoms. The van der Waals surface area contributed by atoms with Gasteiger partial charge in [0.05, 0.1) is 17.7 Å². The molecule has 0 saturated carbocycles. The van der Waals surface area contributed by atoms with Gasteiger partial charge in [0.15, 0.2) is 9.84 Å². The van der Waals surface area contributed by atoms with Crippen molar-refractivity contribution in [3.05, 3.63) is 71.3 Å². The summed E-state index contributed by atoms with van der Waals surface area (Å²) in [5.74, 6) is -2.34. The van der Waals surface area contributed by atoms with E-state index in [0.717, 1.165) is 6.26 Å². The fraction of sp³-hybridized carbons (Fsp3) is 0.263. The molecule has 0 heterocycles. The second-order valence-electron chi connectivity index (χ2n) is 6.26. The van der Waals surface area contributed by atoms with Gasteiger partial charge in [-0.05, 0) is 30.2 Å². The number of carbonyl (C=O) groups excluding carboxylic acids is 1. The van der Waals surface area contributed by atoms with E-state index in [-0.39, 0.29) is 5.75 Å². The molecule has 0 aliphatic carbocycles. The third-order valence-electron chi connectivity index (χ3n) is 3.98. The molecule has 6 nitrogen and oxygen atoms in total. The topological polar surface area (TPSA) is 101 Å². The summed E-state index contributed by atoms with van der Waals surface area (Å²) in [7, 11) is -3.15. The molecule has 2 unspecified atom stereocenters. The molecule has 1 amide bonds. The molecule has 7 heteroatoms. The summed E-state index contributed by atoms with van der Waals surface area (Å²) < 4.78 is 22.7.